The average Bonchev–Trinajstić information content (AvgIpc) is 2.11. The van der Waals surface area contributed by atoms with E-state index in [0.717, 1.165) is 25.4 Å². The molecule has 1 aromatic rings. The van der Waals surface area contributed by atoms with Crippen molar-refractivity contribution < 1.29 is 13.2 Å². The smallest absolute Gasteiger partial charge is 0.314 e. The first-order valence-corrected chi connectivity index (χ1v) is 5.82. The SMILES string of the molecule is FC(F)(F)c1cnc(SC2CNC2)c(Cl)c1. The van der Waals surface area contributed by atoms with Gasteiger partial charge in [-0.2, -0.15) is 13.2 Å². The van der Waals surface area contributed by atoms with Crippen LogP contribution in [0.2, 0.25) is 5.02 Å². The first-order chi connectivity index (χ1) is 7.47. The van der Waals surface area contributed by atoms with Gasteiger partial charge >= 0.3 is 6.18 Å². The molecule has 0 atom stereocenters. The maximum absolute atomic E-state index is 12.3. The number of halogens is 4. The zero-order valence-corrected chi connectivity index (χ0v) is 9.59. The number of nitrogens with zero attached hydrogens (tertiary/aromatic N) is 1. The Morgan fingerprint density at radius 3 is 2.56 bits per heavy atom. The Morgan fingerprint density at radius 1 is 1.44 bits per heavy atom. The minimum absolute atomic E-state index is 0.0618. The fraction of sp³-hybridized carbons (Fsp3) is 0.444. The van der Waals surface area contributed by atoms with Gasteiger partial charge in [-0.3, -0.25) is 0 Å². The minimum Gasteiger partial charge on any atom is -0.314 e. The lowest BCUT2D eigenvalue weighted by Gasteiger charge is -2.26. The van der Waals surface area contributed by atoms with E-state index in [4.69, 9.17) is 11.6 Å². The van der Waals surface area contributed by atoms with Crippen molar-refractivity contribution in [2.45, 2.75) is 16.5 Å². The van der Waals surface area contributed by atoms with E-state index >= 15 is 0 Å². The number of nitrogens with one attached hydrogen (secondary N) is 1. The molecule has 0 saturated carbocycles. The second-order valence-electron chi connectivity index (χ2n) is 3.41. The highest BCUT2D eigenvalue weighted by Crippen LogP contribution is 2.35. The third-order valence-corrected chi connectivity index (χ3v) is 3.77. The largest absolute Gasteiger partial charge is 0.417 e. The molecule has 0 unspecified atom stereocenters. The van der Waals surface area contributed by atoms with Crippen LogP contribution in [0, 0.1) is 0 Å². The second kappa shape index (κ2) is 4.43. The van der Waals surface area contributed by atoms with E-state index in [-0.39, 0.29) is 5.02 Å². The summed E-state index contributed by atoms with van der Waals surface area (Å²) in [5, 5.41) is 3.93. The molecule has 0 radical (unpaired) electrons. The van der Waals surface area contributed by atoms with Gasteiger partial charge in [-0.1, -0.05) is 23.4 Å². The maximum Gasteiger partial charge on any atom is 0.417 e. The Bertz CT molecular complexity index is 393. The Labute approximate surface area is 99.6 Å². The lowest BCUT2D eigenvalue weighted by Crippen LogP contribution is -2.44. The Morgan fingerprint density at radius 2 is 2.12 bits per heavy atom. The van der Waals surface area contributed by atoms with Crippen LogP contribution in [0.5, 0.6) is 0 Å². The van der Waals surface area contributed by atoms with Gasteiger partial charge in [0.15, 0.2) is 0 Å². The summed E-state index contributed by atoms with van der Waals surface area (Å²) in [6.07, 6.45) is -3.57. The molecule has 0 spiro atoms. The van der Waals surface area contributed by atoms with Crippen molar-refractivity contribution in [3.63, 3.8) is 0 Å². The molecule has 7 heteroatoms. The van der Waals surface area contributed by atoms with Gasteiger partial charge in [0.25, 0.3) is 0 Å². The summed E-state index contributed by atoms with van der Waals surface area (Å²) in [7, 11) is 0. The maximum atomic E-state index is 12.3. The molecule has 1 fully saturated rings. The van der Waals surface area contributed by atoms with Gasteiger partial charge in [0.05, 0.1) is 10.6 Å². The van der Waals surface area contributed by atoms with Crippen LogP contribution >= 0.6 is 23.4 Å². The molecule has 1 saturated heterocycles. The molecule has 0 amide bonds. The van der Waals surface area contributed by atoms with Crippen molar-refractivity contribution >= 4 is 23.4 Å². The van der Waals surface area contributed by atoms with Crippen LogP contribution in [-0.4, -0.2) is 23.3 Å². The number of hydrogen-bond acceptors (Lipinski definition) is 3. The number of alkyl halides is 3. The highest BCUT2D eigenvalue weighted by atomic mass is 35.5. The Kier molecular flexibility index (Phi) is 3.32. The molecule has 1 N–H and O–H groups in total. The molecule has 1 aromatic heterocycles. The van der Waals surface area contributed by atoms with Crippen molar-refractivity contribution in [2.75, 3.05) is 13.1 Å². The average molecular weight is 269 g/mol. The molecular weight excluding hydrogens is 261 g/mol. The van der Waals surface area contributed by atoms with Crippen LogP contribution in [0.4, 0.5) is 13.2 Å². The topological polar surface area (TPSA) is 24.9 Å². The monoisotopic (exact) mass is 268 g/mol. The molecule has 88 valence electrons. The van der Waals surface area contributed by atoms with E-state index in [1.807, 2.05) is 0 Å². The summed E-state index contributed by atoms with van der Waals surface area (Å²) < 4.78 is 37.0. The van der Waals surface area contributed by atoms with Gasteiger partial charge in [-0.15, -0.1) is 0 Å². The van der Waals surface area contributed by atoms with E-state index in [0.29, 0.717) is 10.3 Å². The summed E-state index contributed by atoms with van der Waals surface area (Å²) in [4.78, 5) is 3.75. The van der Waals surface area contributed by atoms with Crippen LogP contribution in [0.1, 0.15) is 5.56 Å². The first-order valence-electron chi connectivity index (χ1n) is 4.57. The van der Waals surface area contributed by atoms with Gasteiger partial charge in [-0.25, -0.2) is 4.98 Å². The third kappa shape index (κ3) is 2.61. The van der Waals surface area contributed by atoms with Gasteiger partial charge < -0.3 is 5.32 Å². The molecular formula is C9H8ClF3N2S. The molecule has 0 aromatic carbocycles. The lowest BCUT2D eigenvalue weighted by molar-refractivity contribution is -0.137. The van der Waals surface area contributed by atoms with Crippen molar-refractivity contribution in [1.29, 1.82) is 0 Å². The predicted octanol–water partition coefficient (Wildman–Crippen LogP) is 2.82. The van der Waals surface area contributed by atoms with Gasteiger partial charge in [0, 0.05) is 24.5 Å². The molecule has 1 aliphatic rings. The molecule has 1 aliphatic heterocycles. The summed E-state index contributed by atoms with van der Waals surface area (Å²) in [6, 6.07) is 0.920. The molecule has 2 nitrogen and oxygen atoms in total. The summed E-state index contributed by atoms with van der Waals surface area (Å²) in [5.74, 6) is 0. The van der Waals surface area contributed by atoms with E-state index in [2.05, 4.69) is 10.3 Å². The number of pyridine rings is 1. The van der Waals surface area contributed by atoms with Crippen LogP contribution in [-0.2, 0) is 6.18 Å². The number of aromatic nitrogens is 1. The van der Waals surface area contributed by atoms with Crippen molar-refractivity contribution in [3.05, 3.63) is 22.8 Å². The molecule has 0 bridgehead atoms. The first kappa shape index (κ1) is 12.0. The van der Waals surface area contributed by atoms with Crippen molar-refractivity contribution in [3.8, 4) is 0 Å². The van der Waals surface area contributed by atoms with E-state index < -0.39 is 11.7 Å². The molecule has 0 aliphatic carbocycles. The fourth-order valence-electron chi connectivity index (χ4n) is 1.17. The van der Waals surface area contributed by atoms with Gasteiger partial charge in [0.2, 0.25) is 0 Å². The van der Waals surface area contributed by atoms with Crippen LogP contribution in [0.3, 0.4) is 0 Å². The predicted molar refractivity (Wildman–Crippen MR) is 56.8 cm³/mol. The normalized spacial score (nSPS) is 17.2. The molecule has 2 rings (SSSR count). The van der Waals surface area contributed by atoms with E-state index in [9.17, 15) is 13.2 Å². The minimum atomic E-state index is -4.39. The lowest BCUT2D eigenvalue weighted by atomic mass is 10.3. The van der Waals surface area contributed by atoms with Crippen LogP contribution < -0.4 is 5.32 Å². The third-order valence-electron chi connectivity index (χ3n) is 2.16. The summed E-state index contributed by atoms with van der Waals surface area (Å²) >= 11 is 7.16. The molecule has 2 heterocycles. The number of thioether (sulfide) groups is 1. The number of hydrogen-bond donors (Lipinski definition) is 1. The highest BCUT2D eigenvalue weighted by molar-refractivity contribution is 8.00. The van der Waals surface area contributed by atoms with Gasteiger partial charge in [-0.05, 0) is 6.07 Å². The zero-order chi connectivity index (χ0) is 11.8. The standard InChI is InChI=1S/C9H8ClF3N2S/c10-7-1-5(9(11,12)13)2-15-8(7)16-6-3-14-4-6/h1-2,6,14H,3-4H2. The number of rotatable bonds is 2. The van der Waals surface area contributed by atoms with Crippen molar-refractivity contribution in [1.82, 2.24) is 10.3 Å². The summed E-state index contributed by atoms with van der Waals surface area (Å²) in [5.41, 5.74) is -0.811. The Hall–Kier alpha value is -0.460. The zero-order valence-electron chi connectivity index (χ0n) is 8.01. The van der Waals surface area contributed by atoms with Gasteiger partial charge in [0.1, 0.15) is 5.03 Å². The summed E-state index contributed by atoms with van der Waals surface area (Å²) in [6.45, 7) is 1.67. The van der Waals surface area contributed by atoms with Crippen LogP contribution in [0.15, 0.2) is 17.3 Å². The Balaban J connectivity index is 2.15. The van der Waals surface area contributed by atoms with E-state index in [1.165, 1.54) is 11.8 Å². The quantitative estimate of drug-likeness (QED) is 0.893. The second-order valence-corrected chi connectivity index (χ2v) is 5.10. The fourth-order valence-corrected chi connectivity index (χ4v) is 2.47. The van der Waals surface area contributed by atoms with Crippen molar-refractivity contribution in [2.24, 2.45) is 0 Å². The molecule has 16 heavy (non-hydrogen) atoms. The van der Waals surface area contributed by atoms with E-state index in [1.54, 1.807) is 0 Å². The highest BCUT2D eigenvalue weighted by Gasteiger charge is 2.32. The van der Waals surface area contributed by atoms with Crippen LogP contribution in [0.25, 0.3) is 0 Å².